The van der Waals surface area contributed by atoms with Gasteiger partial charge >= 0.3 is 5.82 Å². The lowest BCUT2D eigenvalue weighted by molar-refractivity contribution is -0.389. The monoisotopic (exact) mass is 265 g/mol. The molecule has 0 fully saturated rings. The number of rotatable bonds is 3. The Morgan fingerprint density at radius 1 is 1.92 bits per heavy atom. The molecule has 7 heteroatoms. The van der Waals surface area contributed by atoms with Gasteiger partial charge in [-0.1, -0.05) is 34.1 Å². The molecule has 0 bridgehead atoms. The van der Waals surface area contributed by atoms with Gasteiger partial charge in [-0.25, -0.2) is 0 Å². The molecule has 1 heterocycles. The van der Waals surface area contributed by atoms with Gasteiger partial charge < -0.3 is 10.1 Å². The van der Waals surface area contributed by atoms with E-state index in [2.05, 4.69) is 27.6 Å². The first-order chi connectivity index (χ1) is 6.00. The van der Waals surface area contributed by atoms with E-state index in [0.29, 0.717) is 11.0 Å². The minimum absolute atomic E-state index is 0.0266. The van der Waals surface area contributed by atoms with Crippen LogP contribution in [0.4, 0.5) is 5.82 Å². The molecule has 0 unspecified atom stereocenters. The van der Waals surface area contributed by atoms with Crippen molar-refractivity contribution in [2.75, 3.05) is 0 Å². The van der Waals surface area contributed by atoms with Crippen molar-refractivity contribution in [2.45, 2.75) is 6.54 Å². The molecule has 0 aromatic carbocycles. The van der Waals surface area contributed by atoms with Gasteiger partial charge in [0.15, 0.2) is 5.02 Å². The largest absolute Gasteiger partial charge is 0.408 e. The summed E-state index contributed by atoms with van der Waals surface area (Å²) in [6, 6.07) is 0. The van der Waals surface area contributed by atoms with Crippen LogP contribution < -0.4 is 0 Å². The van der Waals surface area contributed by atoms with E-state index in [4.69, 9.17) is 11.6 Å². The Hall–Kier alpha value is -0.880. The highest BCUT2D eigenvalue weighted by atomic mass is 79.9. The molecular formula is C6H5BrClN3O2. The fourth-order valence-electron chi connectivity index (χ4n) is 0.767. The van der Waals surface area contributed by atoms with Gasteiger partial charge in [0.25, 0.3) is 0 Å². The fourth-order valence-corrected chi connectivity index (χ4v) is 1.24. The minimum Gasteiger partial charge on any atom is -0.358 e. The second-order valence-corrected chi connectivity index (χ2v) is 3.80. The Morgan fingerprint density at radius 2 is 2.54 bits per heavy atom. The molecule has 1 aromatic heterocycles. The van der Waals surface area contributed by atoms with Crippen molar-refractivity contribution >= 4 is 33.3 Å². The van der Waals surface area contributed by atoms with E-state index < -0.39 is 4.92 Å². The molecule has 0 N–H and O–H groups in total. The second kappa shape index (κ2) is 3.89. The standard InChI is InChI=1S/C6H5BrClN3O2/c1-4(7)2-10-3-5(8)6(9-10)11(12)13/h3H,1-2H2. The van der Waals surface area contributed by atoms with Crippen molar-refractivity contribution in [3.63, 3.8) is 0 Å². The zero-order chi connectivity index (χ0) is 10.0. The maximum absolute atomic E-state index is 10.3. The fraction of sp³-hybridized carbons (Fsp3) is 0.167. The molecule has 0 aliphatic rings. The van der Waals surface area contributed by atoms with Gasteiger partial charge in [-0.2, -0.15) is 4.68 Å². The Kier molecular flexibility index (Phi) is 3.05. The van der Waals surface area contributed by atoms with E-state index in [1.54, 1.807) is 0 Å². The van der Waals surface area contributed by atoms with Gasteiger partial charge in [-0.3, -0.25) is 0 Å². The van der Waals surface area contributed by atoms with Crippen LogP contribution in [0.1, 0.15) is 0 Å². The number of nitro groups is 1. The molecule has 0 saturated carbocycles. The summed E-state index contributed by atoms with van der Waals surface area (Å²) in [5.74, 6) is -0.338. The van der Waals surface area contributed by atoms with Crippen LogP contribution >= 0.6 is 27.5 Å². The Bertz CT molecular complexity index is 363. The van der Waals surface area contributed by atoms with Crippen LogP contribution in [0, 0.1) is 10.1 Å². The maximum Gasteiger partial charge on any atom is 0.408 e. The lowest BCUT2D eigenvalue weighted by atomic mass is 10.6. The van der Waals surface area contributed by atoms with Crippen molar-refractivity contribution in [2.24, 2.45) is 0 Å². The molecule has 1 aromatic rings. The SMILES string of the molecule is C=C(Br)Cn1cc(Cl)c([N+](=O)[O-])n1. The maximum atomic E-state index is 10.3. The molecule has 0 saturated heterocycles. The highest BCUT2D eigenvalue weighted by Gasteiger charge is 2.18. The lowest BCUT2D eigenvalue weighted by Gasteiger charge is -1.90. The van der Waals surface area contributed by atoms with Crippen molar-refractivity contribution in [3.8, 4) is 0 Å². The first-order valence-corrected chi connectivity index (χ1v) is 4.38. The predicted octanol–water partition coefficient (Wildman–Crippen LogP) is 2.35. The first kappa shape index (κ1) is 10.2. The number of allylic oxidation sites excluding steroid dienone is 1. The van der Waals surface area contributed by atoms with Crippen LogP contribution in [0.25, 0.3) is 0 Å². The van der Waals surface area contributed by atoms with Crippen LogP contribution in [-0.4, -0.2) is 14.7 Å². The summed E-state index contributed by atoms with van der Waals surface area (Å²) in [6.45, 7) is 3.93. The molecule has 13 heavy (non-hydrogen) atoms. The topological polar surface area (TPSA) is 61.0 Å². The molecule has 0 aliphatic carbocycles. The highest BCUT2D eigenvalue weighted by molar-refractivity contribution is 9.11. The van der Waals surface area contributed by atoms with E-state index >= 15 is 0 Å². The van der Waals surface area contributed by atoms with E-state index in [-0.39, 0.29) is 10.8 Å². The number of hydrogen-bond donors (Lipinski definition) is 0. The average Bonchev–Trinajstić information content (AvgIpc) is 2.29. The number of aromatic nitrogens is 2. The van der Waals surface area contributed by atoms with E-state index in [1.807, 2.05) is 0 Å². The van der Waals surface area contributed by atoms with Gasteiger partial charge in [-0.05, 0) is 4.92 Å². The minimum atomic E-state index is -0.629. The van der Waals surface area contributed by atoms with Crippen LogP contribution in [-0.2, 0) is 6.54 Å². The van der Waals surface area contributed by atoms with Crippen molar-refractivity contribution in [1.29, 1.82) is 0 Å². The predicted molar refractivity (Wildman–Crippen MR) is 52.0 cm³/mol. The van der Waals surface area contributed by atoms with Crippen molar-refractivity contribution in [1.82, 2.24) is 9.78 Å². The lowest BCUT2D eigenvalue weighted by Crippen LogP contribution is -1.98. The van der Waals surface area contributed by atoms with E-state index in [9.17, 15) is 10.1 Å². The quantitative estimate of drug-likeness (QED) is 0.623. The van der Waals surface area contributed by atoms with Gasteiger partial charge in [0.05, 0.1) is 17.8 Å². The van der Waals surface area contributed by atoms with Crippen LogP contribution in [0.15, 0.2) is 17.3 Å². The number of hydrogen-bond acceptors (Lipinski definition) is 3. The molecule has 5 nitrogen and oxygen atoms in total. The van der Waals surface area contributed by atoms with Gasteiger partial charge in [0.1, 0.15) is 0 Å². The van der Waals surface area contributed by atoms with Gasteiger partial charge in [0, 0.05) is 4.48 Å². The second-order valence-electron chi connectivity index (χ2n) is 2.27. The Morgan fingerprint density at radius 3 is 2.92 bits per heavy atom. The number of nitrogens with zero attached hydrogens (tertiary/aromatic N) is 3. The normalized spacial score (nSPS) is 10.0. The summed E-state index contributed by atoms with van der Waals surface area (Å²) in [5.41, 5.74) is 0. The Balaban J connectivity index is 2.95. The molecule has 70 valence electrons. The zero-order valence-electron chi connectivity index (χ0n) is 6.41. The van der Waals surface area contributed by atoms with Gasteiger partial charge in [-0.15, -0.1) is 0 Å². The average molecular weight is 266 g/mol. The molecule has 1 rings (SSSR count). The van der Waals surface area contributed by atoms with Crippen molar-refractivity contribution < 1.29 is 4.92 Å². The van der Waals surface area contributed by atoms with E-state index in [1.165, 1.54) is 10.9 Å². The van der Waals surface area contributed by atoms with Gasteiger partial charge in [0.2, 0.25) is 0 Å². The molecule has 0 radical (unpaired) electrons. The molecular weight excluding hydrogens is 261 g/mol. The smallest absolute Gasteiger partial charge is 0.358 e. The molecule has 0 spiro atoms. The third-order valence-electron chi connectivity index (χ3n) is 1.21. The molecule has 0 atom stereocenters. The summed E-state index contributed by atoms with van der Waals surface area (Å²) in [4.78, 5) is 9.70. The third kappa shape index (κ3) is 2.53. The molecule has 0 aliphatic heterocycles. The number of halogens is 2. The molecule has 0 amide bonds. The zero-order valence-corrected chi connectivity index (χ0v) is 8.75. The van der Waals surface area contributed by atoms with Crippen molar-refractivity contribution in [3.05, 3.63) is 32.4 Å². The Labute approximate surface area is 87.3 Å². The van der Waals surface area contributed by atoms with Crippen LogP contribution in [0.5, 0.6) is 0 Å². The summed E-state index contributed by atoms with van der Waals surface area (Å²) < 4.78 is 2.01. The van der Waals surface area contributed by atoms with Crippen LogP contribution in [0.3, 0.4) is 0 Å². The summed E-state index contributed by atoms with van der Waals surface area (Å²) in [7, 11) is 0. The summed E-state index contributed by atoms with van der Waals surface area (Å²) in [6.07, 6.45) is 1.38. The van der Waals surface area contributed by atoms with E-state index in [0.717, 1.165) is 0 Å². The third-order valence-corrected chi connectivity index (χ3v) is 1.72. The summed E-state index contributed by atoms with van der Waals surface area (Å²) in [5, 5.41) is 14.0. The van der Waals surface area contributed by atoms with Crippen LogP contribution in [0.2, 0.25) is 5.02 Å². The summed E-state index contributed by atoms with van der Waals surface area (Å²) >= 11 is 8.67. The first-order valence-electron chi connectivity index (χ1n) is 3.21. The highest BCUT2D eigenvalue weighted by Crippen LogP contribution is 2.21.